The van der Waals surface area contributed by atoms with E-state index in [0.29, 0.717) is 32.5 Å². The van der Waals surface area contributed by atoms with Gasteiger partial charge in [-0.3, -0.25) is 10.0 Å². The molecule has 0 unspecified atom stereocenters. The van der Waals surface area contributed by atoms with Crippen LogP contribution in [0.15, 0.2) is 17.0 Å². The fourth-order valence-corrected chi connectivity index (χ4v) is 4.87. The molecule has 27 heavy (non-hydrogen) atoms. The van der Waals surface area contributed by atoms with E-state index in [-0.39, 0.29) is 34.9 Å². The molecule has 2 heterocycles. The first kappa shape index (κ1) is 19.9. The Morgan fingerprint density at radius 3 is 2.74 bits per heavy atom. The van der Waals surface area contributed by atoms with Crippen LogP contribution in [-0.2, 0) is 14.8 Å². The van der Waals surface area contributed by atoms with Gasteiger partial charge in [-0.05, 0) is 31.4 Å². The SMILES string of the molecule is CCCCOC1CCN(S(=O)(=O)c2ccc3c(c2C(=O)NO)OCO3)CC1. The van der Waals surface area contributed by atoms with Crippen molar-refractivity contribution >= 4 is 15.9 Å². The zero-order valence-electron chi connectivity index (χ0n) is 15.1. The molecule has 0 aliphatic carbocycles. The normalized spacial score (nSPS) is 17.9. The zero-order valence-corrected chi connectivity index (χ0v) is 16.0. The van der Waals surface area contributed by atoms with Gasteiger partial charge in [-0.1, -0.05) is 13.3 Å². The third kappa shape index (κ3) is 4.03. The molecule has 1 aromatic rings. The molecule has 10 heteroatoms. The number of hydrogen-bond donors (Lipinski definition) is 2. The Bertz CT molecular complexity index is 789. The Hall–Kier alpha value is -1.88. The number of nitrogens with zero attached hydrogens (tertiary/aromatic N) is 1. The predicted octanol–water partition coefficient (Wildman–Crippen LogP) is 1.50. The van der Waals surface area contributed by atoms with Crippen molar-refractivity contribution in [2.45, 2.75) is 43.6 Å². The lowest BCUT2D eigenvalue weighted by Crippen LogP contribution is -2.41. The van der Waals surface area contributed by atoms with Crippen LogP contribution < -0.4 is 15.0 Å². The number of hydrogen-bond acceptors (Lipinski definition) is 7. The number of fused-ring (bicyclic) bond motifs is 1. The van der Waals surface area contributed by atoms with Crippen LogP contribution in [-0.4, -0.2) is 56.4 Å². The number of nitrogens with one attached hydrogen (secondary N) is 1. The minimum absolute atomic E-state index is 0.0143. The van der Waals surface area contributed by atoms with E-state index >= 15 is 0 Å². The molecule has 0 saturated carbocycles. The molecule has 1 saturated heterocycles. The lowest BCUT2D eigenvalue weighted by molar-refractivity contribution is 0.0198. The third-order valence-corrected chi connectivity index (χ3v) is 6.64. The van der Waals surface area contributed by atoms with E-state index < -0.39 is 15.9 Å². The molecule has 0 bridgehead atoms. The van der Waals surface area contributed by atoms with Crippen molar-refractivity contribution in [1.82, 2.24) is 9.79 Å². The Kier molecular flexibility index (Phi) is 6.20. The lowest BCUT2D eigenvalue weighted by atomic mass is 10.1. The van der Waals surface area contributed by atoms with Crippen molar-refractivity contribution in [3.05, 3.63) is 17.7 Å². The Morgan fingerprint density at radius 2 is 2.07 bits per heavy atom. The van der Waals surface area contributed by atoms with Gasteiger partial charge in [0.25, 0.3) is 5.91 Å². The summed E-state index contributed by atoms with van der Waals surface area (Å²) in [4.78, 5) is 11.9. The van der Waals surface area contributed by atoms with Crippen molar-refractivity contribution < 1.29 is 32.6 Å². The number of piperidine rings is 1. The van der Waals surface area contributed by atoms with Crippen LogP contribution in [0.25, 0.3) is 0 Å². The average Bonchev–Trinajstić information content (AvgIpc) is 3.16. The van der Waals surface area contributed by atoms with Gasteiger partial charge in [-0.25, -0.2) is 13.9 Å². The standard InChI is InChI=1S/C17H24N2O7S/c1-2-3-10-24-12-6-8-19(9-7-12)27(22,23)14-5-4-13-16(26-11-25-13)15(14)17(20)18-21/h4-5,12,21H,2-3,6-11H2,1H3,(H,18,20). The van der Waals surface area contributed by atoms with Crippen LogP contribution >= 0.6 is 0 Å². The number of ether oxygens (including phenoxy) is 3. The maximum Gasteiger partial charge on any atom is 0.279 e. The monoisotopic (exact) mass is 400 g/mol. The van der Waals surface area contributed by atoms with Crippen LogP contribution in [0.1, 0.15) is 43.0 Å². The Balaban J connectivity index is 1.81. The van der Waals surface area contributed by atoms with Crippen molar-refractivity contribution in [1.29, 1.82) is 0 Å². The van der Waals surface area contributed by atoms with Gasteiger partial charge in [-0.2, -0.15) is 4.31 Å². The van der Waals surface area contributed by atoms with Gasteiger partial charge in [0, 0.05) is 19.7 Å². The number of carbonyl (C=O) groups is 1. The maximum atomic E-state index is 13.1. The summed E-state index contributed by atoms with van der Waals surface area (Å²) in [6.45, 7) is 3.24. The molecular formula is C17H24N2O7S. The van der Waals surface area contributed by atoms with Gasteiger partial charge in [0.2, 0.25) is 16.8 Å². The summed E-state index contributed by atoms with van der Waals surface area (Å²) in [5.41, 5.74) is 1.23. The molecule has 0 atom stereocenters. The van der Waals surface area contributed by atoms with Gasteiger partial charge < -0.3 is 14.2 Å². The van der Waals surface area contributed by atoms with E-state index in [4.69, 9.17) is 19.4 Å². The lowest BCUT2D eigenvalue weighted by Gasteiger charge is -2.31. The first-order valence-electron chi connectivity index (χ1n) is 8.97. The molecule has 2 aliphatic rings. The average molecular weight is 400 g/mol. The first-order valence-corrected chi connectivity index (χ1v) is 10.4. The van der Waals surface area contributed by atoms with Crippen LogP contribution in [0, 0.1) is 0 Å². The molecule has 0 spiro atoms. The van der Waals surface area contributed by atoms with Crippen molar-refractivity contribution in [2.75, 3.05) is 26.5 Å². The van der Waals surface area contributed by atoms with Crippen LogP contribution in [0.5, 0.6) is 11.5 Å². The number of hydroxylamine groups is 1. The maximum absolute atomic E-state index is 13.1. The Labute approximate surface area is 158 Å². The van der Waals surface area contributed by atoms with Gasteiger partial charge >= 0.3 is 0 Å². The Morgan fingerprint density at radius 1 is 1.33 bits per heavy atom. The quantitative estimate of drug-likeness (QED) is 0.405. The van der Waals surface area contributed by atoms with Crippen LogP contribution in [0.3, 0.4) is 0 Å². The highest BCUT2D eigenvalue weighted by Gasteiger charge is 2.36. The van der Waals surface area contributed by atoms with E-state index in [1.54, 1.807) is 0 Å². The molecule has 1 amide bonds. The molecule has 9 nitrogen and oxygen atoms in total. The van der Waals surface area contributed by atoms with Crippen LogP contribution in [0.2, 0.25) is 0 Å². The molecule has 2 N–H and O–H groups in total. The number of unbranched alkanes of at least 4 members (excludes halogenated alkanes) is 1. The zero-order chi connectivity index (χ0) is 19.4. The minimum Gasteiger partial charge on any atom is -0.454 e. The fourth-order valence-electron chi connectivity index (χ4n) is 3.21. The summed E-state index contributed by atoms with van der Waals surface area (Å²) in [7, 11) is -3.95. The van der Waals surface area contributed by atoms with Crippen molar-refractivity contribution in [3.8, 4) is 11.5 Å². The van der Waals surface area contributed by atoms with E-state index in [1.807, 2.05) is 0 Å². The van der Waals surface area contributed by atoms with Gasteiger partial charge in [0.05, 0.1) is 11.0 Å². The van der Waals surface area contributed by atoms with Crippen molar-refractivity contribution in [3.63, 3.8) is 0 Å². The molecule has 1 fully saturated rings. The summed E-state index contributed by atoms with van der Waals surface area (Å²) >= 11 is 0. The van der Waals surface area contributed by atoms with E-state index in [1.165, 1.54) is 21.9 Å². The number of amides is 1. The smallest absolute Gasteiger partial charge is 0.279 e. The summed E-state index contributed by atoms with van der Waals surface area (Å²) in [6, 6.07) is 2.75. The van der Waals surface area contributed by atoms with Gasteiger partial charge in [0.1, 0.15) is 5.56 Å². The predicted molar refractivity (Wildman–Crippen MR) is 94.5 cm³/mol. The van der Waals surface area contributed by atoms with Gasteiger partial charge in [-0.15, -0.1) is 0 Å². The highest BCUT2D eigenvalue weighted by atomic mass is 32.2. The summed E-state index contributed by atoms with van der Waals surface area (Å²) in [5, 5.41) is 9.04. The molecule has 0 radical (unpaired) electrons. The molecule has 150 valence electrons. The highest BCUT2D eigenvalue weighted by molar-refractivity contribution is 7.89. The minimum atomic E-state index is -3.95. The van der Waals surface area contributed by atoms with Gasteiger partial charge in [0.15, 0.2) is 11.5 Å². The third-order valence-electron chi connectivity index (χ3n) is 4.70. The number of benzene rings is 1. The highest BCUT2D eigenvalue weighted by Crippen LogP contribution is 2.40. The van der Waals surface area contributed by atoms with Crippen LogP contribution in [0.4, 0.5) is 0 Å². The fraction of sp³-hybridized carbons (Fsp3) is 0.588. The second-order valence-corrected chi connectivity index (χ2v) is 8.35. The van der Waals surface area contributed by atoms with Crippen molar-refractivity contribution in [2.24, 2.45) is 0 Å². The number of carbonyl (C=O) groups excluding carboxylic acids is 1. The van der Waals surface area contributed by atoms with E-state index in [9.17, 15) is 13.2 Å². The second kappa shape index (κ2) is 8.42. The largest absolute Gasteiger partial charge is 0.454 e. The molecule has 1 aromatic carbocycles. The second-order valence-electron chi connectivity index (χ2n) is 6.44. The first-order chi connectivity index (χ1) is 13.0. The summed E-state index contributed by atoms with van der Waals surface area (Å²) < 4.78 is 43.8. The number of sulfonamides is 1. The van der Waals surface area contributed by atoms with E-state index in [0.717, 1.165) is 12.8 Å². The molecule has 0 aromatic heterocycles. The topological polar surface area (TPSA) is 114 Å². The molecular weight excluding hydrogens is 376 g/mol. The number of rotatable bonds is 7. The van der Waals surface area contributed by atoms with E-state index in [2.05, 4.69) is 6.92 Å². The summed E-state index contributed by atoms with van der Waals surface area (Å²) in [5.74, 6) is -0.690. The summed E-state index contributed by atoms with van der Waals surface area (Å²) in [6.07, 6.45) is 3.26. The molecule has 3 rings (SSSR count). The molecule has 2 aliphatic heterocycles.